The van der Waals surface area contributed by atoms with Gasteiger partial charge in [-0.15, -0.1) is 0 Å². The van der Waals surface area contributed by atoms with E-state index in [2.05, 4.69) is 0 Å². The van der Waals surface area contributed by atoms with Gasteiger partial charge in [-0.1, -0.05) is 13.8 Å². The molecule has 7 heteroatoms. The van der Waals surface area contributed by atoms with E-state index in [4.69, 9.17) is 0 Å². The van der Waals surface area contributed by atoms with E-state index in [1.807, 2.05) is 0 Å². The van der Waals surface area contributed by atoms with Gasteiger partial charge >= 0.3 is 58.4 Å². The van der Waals surface area contributed by atoms with Crippen molar-refractivity contribution in [1.29, 1.82) is 0 Å². The number of amides is 1. The van der Waals surface area contributed by atoms with E-state index in [1.54, 1.807) is 13.8 Å². The third kappa shape index (κ3) is 3.84. The van der Waals surface area contributed by atoms with Crippen LogP contribution in [-0.2, 0) is 4.79 Å². The second-order valence-electron chi connectivity index (χ2n) is 4.10. The molecule has 1 amide bonds. The number of hydrogen-bond donors (Lipinski definition) is 0. The first-order chi connectivity index (χ1) is 5.72. The predicted octanol–water partition coefficient (Wildman–Crippen LogP) is -1.36. The molecule has 1 aliphatic heterocycles. The molecular formula is C7H12BF3KNO. The summed E-state index contributed by atoms with van der Waals surface area (Å²) in [5.74, 6) is -0.383. The summed E-state index contributed by atoms with van der Waals surface area (Å²) >= 11 is 0. The van der Waals surface area contributed by atoms with Gasteiger partial charge < -0.3 is 17.8 Å². The van der Waals surface area contributed by atoms with E-state index in [0.717, 1.165) is 4.90 Å². The van der Waals surface area contributed by atoms with Crippen LogP contribution in [0.25, 0.3) is 0 Å². The van der Waals surface area contributed by atoms with Crippen molar-refractivity contribution in [3.8, 4) is 0 Å². The standard InChI is InChI=1S/C7H12BF3NO.K/c1-7(2)3-4-12(6(7)13)5-8(9,10)11;/h3-5H2,1-2H3;/q-1;+1. The molecule has 0 radical (unpaired) electrons. The smallest absolute Gasteiger partial charge is 0.448 e. The van der Waals surface area contributed by atoms with Crippen LogP contribution in [0.3, 0.4) is 0 Å². The maximum absolute atomic E-state index is 12.0. The first kappa shape index (κ1) is 15.0. The van der Waals surface area contributed by atoms with E-state index in [1.165, 1.54) is 0 Å². The van der Waals surface area contributed by atoms with E-state index in [9.17, 15) is 17.7 Å². The van der Waals surface area contributed by atoms with Gasteiger partial charge in [0.05, 0.1) is 0 Å². The fourth-order valence-corrected chi connectivity index (χ4v) is 1.48. The van der Waals surface area contributed by atoms with Gasteiger partial charge in [0.15, 0.2) is 0 Å². The van der Waals surface area contributed by atoms with Crippen molar-refractivity contribution in [3.63, 3.8) is 0 Å². The fourth-order valence-electron chi connectivity index (χ4n) is 1.48. The zero-order valence-corrected chi connectivity index (χ0v) is 11.8. The summed E-state index contributed by atoms with van der Waals surface area (Å²) in [5, 5.41) is 0. The number of rotatable bonds is 2. The molecule has 1 fully saturated rings. The molecule has 0 aromatic carbocycles. The number of carbonyl (C=O) groups is 1. The van der Waals surface area contributed by atoms with Crippen LogP contribution >= 0.6 is 0 Å². The van der Waals surface area contributed by atoms with Gasteiger partial charge in [0, 0.05) is 12.0 Å². The largest absolute Gasteiger partial charge is 1.00 e. The maximum Gasteiger partial charge on any atom is 1.00 e. The van der Waals surface area contributed by atoms with Crippen molar-refractivity contribution in [1.82, 2.24) is 4.90 Å². The molecule has 0 spiro atoms. The predicted molar refractivity (Wildman–Crippen MR) is 44.1 cm³/mol. The molecule has 0 N–H and O–H groups in total. The summed E-state index contributed by atoms with van der Waals surface area (Å²) in [7, 11) is 0. The molecule has 0 aromatic rings. The molecule has 0 saturated carbocycles. The molecule has 1 saturated heterocycles. The van der Waals surface area contributed by atoms with Crippen molar-refractivity contribution < 1.29 is 69.1 Å². The first-order valence-electron chi connectivity index (χ1n) is 4.23. The van der Waals surface area contributed by atoms with Gasteiger partial charge in [0.25, 0.3) is 0 Å². The third-order valence-electron chi connectivity index (χ3n) is 2.30. The number of carbonyl (C=O) groups excluding carboxylic acids is 1. The normalized spacial score (nSPS) is 20.9. The Balaban J connectivity index is 0.00000169. The summed E-state index contributed by atoms with van der Waals surface area (Å²) in [6.45, 7) is -1.30. The van der Waals surface area contributed by atoms with E-state index < -0.39 is 18.8 Å². The van der Waals surface area contributed by atoms with Crippen LogP contribution < -0.4 is 51.4 Å². The zero-order valence-electron chi connectivity index (χ0n) is 8.69. The molecule has 0 unspecified atom stereocenters. The summed E-state index contributed by atoms with van der Waals surface area (Å²) in [4.78, 5) is 12.2. The fraction of sp³-hybridized carbons (Fsp3) is 0.857. The van der Waals surface area contributed by atoms with E-state index in [-0.39, 0.29) is 63.8 Å². The van der Waals surface area contributed by atoms with Gasteiger partial charge in [-0.2, -0.15) is 0 Å². The van der Waals surface area contributed by atoms with Crippen LogP contribution in [0.5, 0.6) is 0 Å². The van der Waals surface area contributed by atoms with Gasteiger partial charge in [-0.05, 0) is 12.9 Å². The van der Waals surface area contributed by atoms with Crippen molar-refractivity contribution in [2.45, 2.75) is 20.3 Å². The molecule has 1 rings (SSSR count). The quantitative estimate of drug-likeness (QED) is 0.539. The molecule has 76 valence electrons. The minimum absolute atomic E-state index is 0. The topological polar surface area (TPSA) is 20.3 Å². The third-order valence-corrected chi connectivity index (χ3v) is 2.30. The van der Waals surface area contributed by atoms with Crippen LogP contribution in [0.1, 0.15) is 20.3 Å². The second kappa shape index (κ2) is 4.86. The zero-order chi connectivity index (χ0) is 10.3. The Morgan fingerprint density at radius 3 is 2.21 bits per heavy atom. The average Bonchev–Trinajstić information content (AvgIpc) is 2.13. The maximum atomic E-state index is 12.0. The summed E-state index contributed by atoms with van der Waals surface area (Å²) in [6, 6.07) is 0. The van der Waals surface area contributed by atoms with Crippen LogP contribution in [0.2, 0.25) is 0 Å². The Kier molecular flexibility index (Phi) is 5.20. The van der Waals surface area contributed by atoms with Crippen molar-refractivity contribution in [2.75, 3.05) is 13.0 Å². The SMILES string of the molecule is CC1(C)CCN(C[B-](F)(F)F)C1=O.[K+]. The van der Waals surface area contributed by atoms with Crippen molar-refractivity contribution >= 4 is 12.9 Å². The summed E-state index contributed by atoms with van der Waals surface area (Å²) in [5.41, 5.74) is -0.610. The molecule has 0 atom stereocenters. The Morgan fingerprint density at radius 1 is 1.43 bits per heavy atom. The Hall–Kier alpha value is 0.961. The number of nitrogens with zero attached hydrogens (tertiary/aromatic N) is 1. The molecule has 0 aromatic heterocycles. The van der Waals surface area contributed by atoms with E-state index >= 15 is 0 Å². The molecule has 0 bridgehead atoms. The number of halogens is 3. The molecule has 14 heavy (non-hydrogen) atoms. The second-order valence-corrected chi connectivity index (χ2v) is 4.10. The molecule has 0 aliphatic carbocycles. The molecule has 1 aliphatic rings. The Bertz CT molecular complexity index is 231. The summed E-state index contributed by atoms with van der Waals surface area (Å²) in [6.07, 6.45) is -0.541. The Morgan fingerprint density at radius 2 is 1.93 bits per heavy atom. The van der Waals surface area contributed by atoms with Gasteiger partial charge in [0.2, 0.25) is 5.91 Å². The van der Waals surface area contributed by atoms with Crippen LogP contribution in [0.4, 0.5) is 12.9 Å². The minimum atomic E-state index is -4.88. The van der Waals surface area contributed by atoms with Crippen molar-refractivity contribution in [2.24, 2.45) is 5.41 Å². The van der Waals surface area contributed by atoms with Crippen LogP contribution in [0.15, 0.2) is 0 Å². The Labute approximate surface area is 124 Å². The number of hydrogen-bond acceptors (Lipinski definition) is 1. The van der Waals surface area contributed by atoms with Crippen LogP contribution in [0, 0.1) is 5.41 Å². The van der Waals surface area contributed by atoms with Gasteiger partial charge in [0.1, 0.15) is 0 Å². The monoisotopic (exact) mass is 233 g/mol. The summed E-state index contributed by atoms with van der Waals surface area (Å²) < 4.78 is 36.0. The molecule has 1 heterocycles. The van der Waals surface area contributed by atoms with Crippen LogP contribution in [-0.4, -0.2) is 30.8 Å². The molecular weight excluding hydrogens is 221 g/mol. The van der Waals surface area contributed by atoms with Crippen molar-refractivity contribution in [3.05, 3.63) is 0 Å². The first-order valence-corrected chi connectivity index (χ1v) is 4.23. The van der Waals surface area contributed by atoms with Gasteiger partial charge in [-0.3, -0.25) is 4.79 Å². The number of likely N-dealkylation sites (tertiary alicyclic amines) is 1. The average molecular weight is 233 g/mol. The minimum Gasteiger partial charge on any atom is -0.448 e. The molecule has 2 nitrogen and oxygen atoms in total. The van der Waals surface area contributed by atoms with E-state index in [0.29, 0.717) is 6.42 Å². The van der Waals surface area contributed by atoms with Gasteiger partial charge in [-0.25, -0.2) is 0 Å².